The molecule has 0 bridgehead atoms. The van der Waals surface area contributed by atoms with Crippen LogP contribution in [0.15, 0.2) is 0 Å². The highest BCUT2D eigenvalue weighted by Crippen LogP contribution is 1.88. The van der Waals surface area contributed by atoms with Crippen molar-refractivity contribution in [2.45, 2.75) is 32.4 Å². The van der Waals surface area contributed by atoms with Crippen molar-refractivity contribution in [2.75, 3.05) is 0 Å². The van der Waals surface area contributed by atoms with E-state index in [1.165, 1.54) is 6.92 Å². The van der Waals surface area contributed by atoms with E-state index < -0.39 is 12.0 Å². The number of hydrogen-bond donors (Lipinski definition) is 3. The van der Waals surface area contributed by atoms with E-state index in [2.05, 4.69) is 5.32 Å². The van der Waals surface area contributed by atoms with Gasteiger partial charge < -0.3 is 16.2 Å². The van der Waals surface area contributed by atoms with Crippen LogP contribution in [0.4, 0.5) is 0 Å². The molecule has 1 amide bonds. The summed E-state index contributed by atoms with van der Waals surface area (Å²) in [6.45, 7) is 3.09. The normalized spacial score (nSPS) is 14.9. The lowest BCUT2D eigenvalue weighted by Crippen LogP contribution is -2.40. The zero-order valence-corrected chi connectivity index (χ0v) is 7.20. The lowest BCUT2D eigenvalue weighted by Gasteiger charge is -2.10. The summed E-state index contributed by atoms with van der Waals surface area (Å²) < 4.78 is 0. The largest absolute Gasteiger partial charge is 0.480 e. The highest BCUT2D eigenvalue weighted by molar-refractivity contribution is 5.83. The second-order valence-electron chi connectivity index (χ2n) is 2.81. The predicted molar refractivity (Wildman–Crippen MR) is 43.5 cm³/mol. The van der Waals surface area contributed by atoms with Crippen LogP contribution in [-0.4, -0.2) is 29.1 Å². The van der Waals surface area contributed by atoms with Crippen LogP contribution in [0.1, 0.15) is 20.3 Å². The van der Waals surface area contributed by atoms with E-state index in [0.717, 1.165) is 0 Å². The maximum atomic E-state index is 10.9. The van der Waals surface area contributed by atoms with Crippen molar-refractivity contribution in [1.82, 2.24) is 5.32 Å². The number of carboxylic acids is 1. The average Bonchev–Trinajstić information content (AvgIpc) is 1.84. The van der Waals surface area contributed by atoms with Gasteiger partial charge in [0.2, 0.25) is 5.91 Å². The van der Waals surface area contributed by atoms with E-state index in [-0.39, 0.29) is 18.4 Å². The third kappa shape index (κ3) is 4.68. The van der Waals surface area contributed by atoms with Crippen molar-refractivity contribution in [2.24, 2.45) is 5.73 Å². The molecular formula is C7H14N2O3. The Balaban J connectivity index is 3.77. The number of carboxylic acid groups (broad SMARTS) is 1. The van der Waals surface area contributed by atoms with Crippen molar-refractivity contribution in [1.29, 1.82) is 0 Å². The highest BCUT2D eigenvalue weighted by atomic mass is 16.4. The molecule has 0 saturated heterocycles. The van der Waals surface area contributed by atoms with Gasteiger partial charge in [0.15, 0.2) is 0 Å². The van der Waals surface area contributed by atoms with Crippen LogP contribution in [0.5, 0.6) is 0 Å². The van der Waals surface area contributed by atoms with Gasteiger partial charge in [-0.2, -0.15) is 0 Å². The molecule has 0 aromatic carbocycles. The molecule has 0 fully saturated rings. The lowest BCUT2D eigenvalue weighted by atomic mass is 10.2. The van der Waals surface area contributed by atoms with Gasteiger partial charge in [-0.3, -0.25) is 9.59 Å². The van der Waals surface area contributed by atoms with Gasteiger partial charge in [0.05, 0.1) is 0 Å². The Morgan fingerprint density at radius 1 is 1.50 bits per heavy atom. The van der Waals surface area contributed by atoms with Crippen molar-refractivity contribution in [3.63, 3.8) is 0 Å². The first-order valence-electron chi connectivity index (χ1n) is 3.71. The monoisotopic (exact) mass is 174 g/mol. The van der Waals surface area contributed by atoms with Crippen molar-refractivity contribution in [3.8, 4) is 0 Å². The minimum atomic E-state index is -1.05. The Morgan fingerprint density at radius 3 is 2.33 bits per heavy atom. The molecule has 0 saturated carbocycles. The molecule has 0 radical (unpaired) electrons. The molecule has 12 heavy (non-hydrogen) atoms. The van der Waals surface area contributed by atoms with Crippen molar-refractivity contribution < 1.29 is 14.7 Å². The Hall–Kier alpha value is -1.10. The molecule has 0 aliphatic rings. The topological polar surface area (TPSA) is 92.4 Å². The average molecular weight is 174 g/mol. The second-order valence-corrected chi connectivity index (χ2v) is 2.81. The van der Waals surface area contributed by atoms with Gasteiger partial charge in [0, 0.05) is 12.5 Å². The van der Waals surface area contributed by atoms with Crippen LogP contribution in [0, 0.1) is 0 Å². The summed E-state index contributed by atoms with van der Waals surface area (Å²) in [5.41, 5.74) is 5.34. The first-order chi connectivity index (χ1) is 5.43. The Kier molecular flexibility index (Phi) is 4.28. The first-order valence-corrected chi connectivity index (χ1v) is 3.71. The molecule has 0 aliphatic heterocycles. The molecule has 0 aromatic heterocycles. The zero-order valence-electron chi connectivity index (χ0n) is 7.20. The molecule has 5 nitrogen and oxygen atoms in total. The third-order valence-electron chi connectivity index (χ3n) is 1.26. The van der Waals surface area contributed by atoms with Crippen LogP contribution >= 0.6 is 0 Å². The van der Waals surface area contributed by atoms with Gasteiger partial charge in [-0.1, -0.05) is 0 Å². The first kappa shape index (κ1) is 10.9. The smallest absolute Gasteiger partial charge is 0.325 e. The van der Waals surface area contributed by atoms with E-state index in [1.54, 1.807) is 6.92 Å². The molecular weight excluding hydrogens is 160 g/mol. The minimum absolute atomic E-state index is 0.150. The fraction of sp³-hybridized carbons (Fsp3) is 0.714. The summed E-state index contributed by atoms with van der Waals surface area (Å²) >= 11 is 0. The van der Waals surface area contributed by atoms with Gasteiger partial charge in [-0.25, -0.2) is 0 Å². The Labute approximate surface area is 70.9 Å². The molecule has 4 N–H and O–H groups in total. The van der Waals surface area contributed by atoms with Crippen LogP contribution in [0.2, 0.25) is 0 Å². The number of carbonyl (C=O) groups excluding carboxylic acids is 1. The number of nitrogens with two attached hydrogens (primary N) is 1. The van der Waals surface area contributed by atoms with Crippen LogP contribution in [0.25, 0.3) is 0 Å². The Morgan fingerprint density at radius 2 is 2.00 bits per heavy atom. The van der Waals surface area contributed by atoms with Gasteiger partial charge in [0.1, 0.15) is 6.04 Å². The summed E-state index contributed by atoms with van der Waals surface area (Å²) in [5, 5.41) is 10.7. The van der Waals surface area contributed by atoms with Gasteiger partial charge in [0.25, 0.3) is 0 Å². The molecule has 70 valence electrons. The van der Waals surface area contributed by atoms with Gasteiger partial charge >= 0.3 is 5.97 Å². The molecule has 0 spiro atoms. The number of amides is 1. The molecule has 0 heterocycles. The number of carbonyl (C=O) groups is 2. The summed E-state index contributed by atoms with van der Waals surface area (Å²) in [7, 11) is 0. The van der Waals surface area contributed by atoms with E-state index in [9.17, 15) is 9.59 Å². The van der Waals surface area contributed by atoms with Crippen LogP contribution < -0.4 is 11.1 Å². The molecule has 1 unspecified atom stereocenters. The Bertz CT molecular complexity index is 179. The highest BCUT2D eigenvalue weighted by Gasteiger charge is 2.14. The van der Waals surface area contributed by atoms with Crippen LogP contribution in [0.3, 0.4) is 0 Å². The fourth-order valence-electron chi connectivity index (χ4n) is 0.655. The number of hydrogen-bond acceptors (Lipinski definition) is 3. The summed E-state index contributed by atoms with van der Waals surface area (Å²) in [5.74, 6) is -1.38. The molecule has 2 atom stereocenters. The summed E-state index contributed by atoms with van der Waals surface area (Å²) in [6, 6.07) is -1.10. The van der Waals surface area contributed by atoms with E-state index in [1.807, 2.05) is 0 Å². The SMILES string of the molecule is CC(N)CC(=O)N[C@H](C)C(=O)O. The van der Waals surface area contributed by atoms with E-state index in [0.29, 0.717) is 0 Å². The van der Waals surface area contributed by atoms with E-state index >= 15 is 0 Å². The minimum Gasteiger partial charge on any atom is -0.480 e. The lowest BCUT2D eigenvalue weighted by molar-refractivity contribution is -0.141. The number of nitrogens with one attached hydrogen (secondary N) is 1. The molecule has 0 aromatic rings. The molecule has 0 aliphatic carbocycles. The number of rotatable bonds is 4. The number of aliphatic carboxylic acids is 1. The predicted octanol–water partition coefficient (Wildman–Crippen LogP) is -0.687. The maximum Gasteiger partial charge on any atom is 0.325 e. The molecule has 0 rings (SSSR count). The standard InChI is InChI=1S/C7H14N2O3/c1-4(8)3-6(10)9-5(2)7(11)12/h4-5H,3,8H2,1-2H3,(H,9,10)(H,11,12)/t4?,5-/m1/s1. The summed E-state index contributed by atoms with van der Waals surface area (Å²) in [6.07, 6.45) is 0.150. The van der Waals surface area contributed by atoms with Gasteiger partial charge in [-0.15, -0.1) is 0 Å². The third-order valence-corrected chi connectivity index (χ3v) is 1.26. The maximum absolute atomic E-state index is 10.9. The van der Waals surface area contributed by atoms with Crippen molar-refractivity contribution >= 4 is 11.9 Å². The fourth-order valence-corrected chi connectivity index (χ4v) is 0.655. The van der Waals surface area contributed by atoms with Crippen molar-refractivity contribution in [3.05, 3.63) is 0 Å². The molecule has 5 heteroatoms. The summed E-state index contributed by atoms with van der Waals surface area (Å²) in [4.78, 5) is 21.2. The van der Waals surface area contributed by atoms with E-state index in [4.69, 9.17) is 10.8 Å². The second kappa shape index (κ2) is 4.71. The van der Waals surface area contributed by atoms with Gasteiger partial charge in [-0.05, 0) is 13.8 Å². The zero-order chi connectivity index (χ0) is 9.72. The quantitative estimate of drug-likeness (QED) is 0.526. The van der Waals surface area contributed by atoms with Crippen LogP contribution in [-0.2, 0) is 9.59 Å².